The first-order valence-electron chi connectivity index (χ1n) is 5.36. The molecule has 0 aliphatic carbocycles. The van der Waals surface area contributed by atoms with E-state index in [9.17, 15) is 4.79 Å². The quantitative estimate of drug-likeness (QED) is 0.727. The Labute approximate surface area is 94.5 Å². The molecule has 0 aromatic heterocycles. The minimum Gasteiger partial charge on any atom is -0.381 e. The van der Waals surface area contributed by atoms with Gasteiger partial charge in [-0.3, -0.25) is 10.1 Å². The zero-order valence-electron chi connectivity index (χ0n) is 9.04. The van der Waals surface area contributed by atoms with Gasteiger partial charge in [0.25, 0.3) is 0 Å². The standard InChI is InChI=1S/C10H18N2O2S/c1-10(2-3-14-6-10)5-11-9(13)8-4-15-7-12-8/h8,12H,2-7H2,1H3,(H,11,13). The largest absolute Gasteiger partial charge is 0.381 e. The van der Waals surface area contributed by atoms with Crippen molar-refractivity contribution in [1.29, 1.82) is 0 Å². The summed E-state index contributed by atoms with van der Waals surface area (Å²) in [6.07, 6.45) is 1.04. The maximum atomic E-state index is 11.7. The molecule has 0 saturated carbocycles. The van der Waals surface area contributed by atoms with E-state index >= 15 is 0 Å². The van der Waals surface area contributed by atoms with Crippen LogP contribution >= 0.6 is 11.8 Å². The zero-order chi connectivity index (χ0) is 10.7. The fourth-order valence-corrected chi connectivity index (χ4v) is 2.78. The first-order valence-corrected chi connectivity index (χ1v) is 6.52. The van der Waals surface area contributed by atoms with Crippen LogP contribution in [0.4, 0.5) is 0 Å². The van der Waals surface area contributed by atoms with Crippen molar-refractivity contribution >= 4 is 17.7 Å². The second-order valence-corrected chi connectivity index (χ2v) is 5.63. The Hall–Kier alpha value is -0.260. The number of hydrogen-bond donors (Lipinski definition) is 2. The molecule has 5 heteroatoms. The van der Waals surface area contributed by atoms with Crippen LogP contribution in [-0.2, 0) is 9.53 Å². The predicted octanol–water partition coefficient (Wildman–Crippen LogP) is 0.192. The summed E-state index contributed by atoms with van der Waals surface area (Å²) in [5.74, 6) is 1.91. The van der Waals surface area contributed by atoms with Gasteiger partial charge in [0, 0.05) is 30.2 Å². The number of thioether (sulfide) groups is 1. The topological polar surface area (TPSA) is 50.4 Å². The first-order chi connectivity index (χ1) is 7.20. The van der Waals surface area contributed by atoms with Crippen molar-refractivity contribution in [1.82, 2.24) is 10.6 Å². The fourth-order valence-electron chi connectivity index (χ4n) is 1.84. The van der Waals surface area contributed by atoms with Crippen LogP contribution in [0.3, 0.4) is 0 Å². The number of carbonyl (C=O) groups is 1. The normalized spacial score (nSPS) is 35.7. The van der Waals surface area contributed by atoms with Crippen LogP contribution in [0.1, 0.15) is 13.3 Å². The number of ether oxygens (including phenoxy) is 1. The fraction of sp³-hybridized carbons (Fsp3) is 0.900. The molecule has 2 aliphatic heterocycles. The van der Waals surface area contributed by atoms with Crippen LogP contribution in [-0.4, -0.2) is 43.3 Å². The molecule has 2 fully saturated rings. The average Bonchev–Trinajstić information content (AvgIpc) is 2.85. The molecule has 4 nitrogen and oxygen atoms in total. The zero-order valence-corrected chi connectivity index (χ0v) is 9.86. The number of amides is 1. The Morgan fingerprint density at radius 3 is 3.20 bits per heavy atom. The molecule has 0 radical (unpaired) electrons. The lowest BCUT2D eigenvalue weighted by molar-refractivity contribution is -0.122. The minimum absolute atomic E-state index is 0.000853. The highest BCUT2D eigenvalue weighted by Gasteiger charge is 2.31. The first kappa shape index (κ1) is 11.2. The molecule has 2 saturated heterocycles. The van der Waals surface area contributed by atoms with Gasteiger partial charge in [-0.25, -0.2) is 0 Å². The Kier molecular flexibility index (Phi) is 3.53. The second-order valence-electron chi connectivity index (χ2n) is 4.60. The van der Waals surface area contributed by atoms with E-state index in [1.54, 1.807) is 11.8 Å². The van der Waals surface area contributed by atoms with E-state index in [1.807, 2.05) is 0 Å². The number of nitrogens with one attached hydrogen (secondary N) is 2. The molecule has 2 N–H and O–H groups in total. The van der Waals surface area contributed by atoms with E-state index < -0.39 is 0 Å². The monoisotopic (exact) mass is 230 g/mol. The van der Waals surface area contributed by atoms with Crippen LogP contribution in [0.5, 0.6) is 0 Å². The summed E-state index contributed by atoms with van der Waals surface area (Å²) in [7, 11) is 0. The molecule has 1 amide bonds. The van der Waals surface area contributed by atoms with Crippen molar-refractivity contribution < 1.29 is 9.53 Å². The Balaban J connectivity index is 1.74. The third-order valence-corrected chi connectivity index (χ3v) is 3.96. The van der Waals surface area contributed by atoms with Crippen molar-refractivity contribution in [2.24, 2.45) is 5.41 Å². The van der Waals surface area contributed by atoms with Gasteiger partial charge in [-0.15, -0.1) is 11.8 Å². The summed E-state index contributed by atoms with van der Waals surface area (Å²) in [6.45, 7) is 4.48. The van der Waals surface area contributed by atoms with Crippen molar-refractivity contribution in [3.63, 3.8) is 0 Å². The van der Waals surface area contributed by atoms with E-state index in [-0.39, 0.29) is 17.4 Å². The molecular formula is C10H18N2O2S. The molecule has 2 unspecified atom stereocenters. The Morgan fingerprint density at radius 2 is 2.60 bits per heavy atom. The molecule has 86 valence electrons. The van der Waals surface area contributed by atoms with Gasteiger partial charge in [-0.2, -0.15) is 0 Å². The van der Waals surface area contributed by atoms with Crippen LogP contribution in [0.15, 0.2) is 0 Å². The number of carbonyl (C=O) groups excluding carboxylic acids is 1. The summed E-state index contributed by atoms with van der Waals surface area (Å²) in [5.41, 5.74) is 0.140. The van der Waals surface area contributed by atoms with Crippen molar-refractivity contribution in [2.45, 2.75) is 19.4 Å². The van der Waals surface area contributed by atoms with Gasteiger partial charge in [-0.1, -0.05) is 6.92 Å². The Bertz CT molecular complexity index is 236. The van der Waals surface area contributed by atoms with Gasteiger partial charge in [-0.05, 0) is 6.42 Å². The van der Waals surface area contributed by atoms with E-state index in [1.165, 1.54) is 0 Å². The van der Waals surface area contributed by atoms with Gasteiger partial charge in [0.1, 0.15) is 0 Å². The predicted molar refractivity (Wildman–Crippen MR) is 60.8 cm³/mol. The molecule has 0 aromatic carbocycles. The number of hydrogen-bond acceptors (Lipinski definition) is 4. The van der Waals surface area contributed by atoms with Crippen molar-refractivity contribution in [3.8, 4) is 0 Å². The van der Waals surface area contributed by atoms with E-state index in [2.05, 4.69) is 17.6 Å². The molecule has 2 heterocycles. The van der Waals surface area contributed by atoms with Crippen LogP contribution in [0, 0.1) is 5.41 Å². The Morgan fingerprint density at radius 1 is 1.73 bits per heavy atom. The molecule has 0 spiro atoms. The van der Waals surface area contributed by atoms with E-state index in [0.29, 0.717) is 0 Å². The van der Waals surface area contributed by atoms with Crippen molar-refractivity contribution in [3.05, 3.63) is 0 Å². The van der Waals surface area contributed by atoms with E-state index in [0.717, 1.165) is 37.8 Å². The highest BCUT2D eigenvalue weighted by atomic mass is 32.2. The summed E-state index contributed by atoms with van der Waals surface area (Å²) in [5, 5.41) is 6.18. The SMILES string of the molecule is CC1(CNC(=O)C2CSCN2)CCOC1. The molecule has 2 aliphatic rings. The van der Waals surface area contributed by atoms with Gasteiger partial charge >= 0.3 is 0 Å². The van der Waals surface area contributed by atoms with E-state index in [4.69, 9.17) is 4.74 Å². The highest BCUT2D eigenvalue weighted by Crippen LogP contribution is 2.26. The molecule has 2 atom stereocenters. The molecule has 0 bridgehead atoms. The second kappa shape index (κ2) is 4.72. The third-order valence-electron chi connectivity index (χ3n) is 3.02. The summed E-state index contributed by atoms with van der Waals surface area (Å²) in [4.78, 5) is 11.7. The van der Waals surface area contributed by atoms with Gasteiger partial charge in [0.2, 0.25) is 5.91 Å². The smallest absolute Gasteiger partial charge is 0.238 e. The minimum atomic E-state index is 0.000853. The van der Waals surface area contributed by atoms with Crippen LogP contribution in [0.2, 0.25) is 0 Å². The summed E-state index contributed by atoms with van der Waals surface area (Å²) < 4.78 is 5.35. The van der Waals surface area contributed by atoms with Gasteiger partial charge in [0.05, 0.1) is 12.6 Å². The summed E-state index contributed by atoms with van der Waals surface area (Å²) in [6, 6.07) is 0.000853. The van der Waals surface area contributed by atoms with Crippen molar-refractivity contribution in [2.75, 3.05) is 31.4 Å². The lowest BCUT2D eigenvalue weighted by Gasteiger charge is -2.22. The lowest BCUT2D eigenvalue weighted by Crippen LogP contribution is -2.45. The van der Waals surface area contributed by atoms with Gasteiger partial charge in [0.15, 0.2) is 0 Å². The average molecular weight is 230 g/mol. The highest BCUT2D eigenvalue weighted by molar-refractivity contribution is 7.99. The molecule has 2 rings (SSSR count). The maximum Gasteiger partial charge on any atom is 0.238 e. The molecule has 15 heavy (non-hydrogen) atoms. The number of rotatable bonds is 3. The van der Waals surface area contributed by atoms with Crippen LogP contribution < -0.4 is 10.6 Å². The maximum absolute atomic E-state index is 11.7. The van der Waals surface area contributed by atoms with Crippen LogP contribution in [0.25, 0.3) is 0 Å². The third kappa shape index (κ3) is 2.86. The summed E-state index contributed by atoms with van der Waals surface area (Å²) >= 11 is 1.77. The van der Waals surface area contributed by atoms with Gasteiger partial charge < -0.3 is 10.1 Å². The molecular weight excluding hydrogens is 212 g/mol. The lowest BCUT2D eigenvalue weighted by atomic mass is 9.90. The molecule has 0 aromatic rings.